The quantitative estimate of drug-likeness (QED) is 0.646. The van der Waals surface area contributed by atoms with E-state index in [1.165, 1.54) is 32.1 Å². The number of rotatable bonds is 1. The minimum atomic E-state index is 0.403. The van der Waals surface area contributed by atoms with E-state index in [9.17, 15) is 4.79 Å². The van der Waals surface area contributed by atoms with Gasteiger partial charge in [0, 0.05) is 18.5 Å². The van der Waals surface area contributed by atoms with Gasteiger partial charge in [0.05, 0.1) is 0 Å². The summed E-state index contributed by atoms with van der Waals surface area (Å²) in [6.45, 7) is 3.38. The van der Waals surface area contributed by atoms with Gasteiger partial charge in [0.15, 0.2) is 0 Å². The van der Waals surface area contributed by atoms with Gasteiger partial charge in [-0.15, -0.1) is 0 Å². The van der Waals surface area contributed by atoms with Crippen molar-refractivity contribution in [1.82, 2.24) is 4.90 Å². The predicted molar refractivity (Wildman–Crippen MR) is 59.3 cm³/mol. The van der Waals surface area contributed by atoms with E-state index in [0.29, 0.717) is 23.8 Å². The topological polar surface area (TPSA) is 20.3 Å². The van der Waals surface area contributed by atoms with Gasteiger partial charge in [-0.1, -0.05) is 19.8 Å². The Kier molecular flexibility index (Phi) is 2.26. The standard InChI is InChI=1S/C13H21NO/c1-9-6-10-8-14(11-4-2-3-5-11)13(15)12(10)7-9/h9-12H,2-8H2,1H3. The van der Waals surface area contributed by atoms with Gasteiger partial charge in [-0.3, -0.25) is 4.79 Å². The molecule has 1 amide bonds. The lowest BCUT2D eigenvalue weighted by atomic mass is 10.0. The highest BCUT2D eigenvalue weighted by Gasteiger charge is 2.47. The fourth-order valence-electron chi connectivity index (χ4n) is 4.01. The number of carbonyl (C=O) groups excluding carboxylic acids is 1. The highest BCUT2D eigenvalue weighted by atomic mass is 16.2. The van der Waals surface area contributed by atoms with Crippen LogP contribution in [0.25, 0.3) is 0 Å². The second-order valence-corrected chi connectivity index (χ2v) is 5.87. The molecular formula is C13H21NO. The van der Waals surface area contributed by atoms with Crippen LogP contribution in [0.4, 0.5) is 0 Å². The summed E-state index contributed by atoms with van der Waals surface area (Å²) in [6, 6.07) is 0.610. The molecule has 2 heteroatoms. The lowest BCUT2D eigenvalue weighted by molar-refractivity contribution is -0.133. The number of carbonyl (C=O) groups is 1. The Morgan fingerprint density at radius 3 is 2.60 bits per heavy atom. The molecule has 0 aromatic heterocycles. The number of amides is 1. The summed E-state index contributed by atoms with van der Waals surface area (Å²) >= 11 is 0. The molecule has 3 rings (SSSR count). The van der Waals surface area contributed by atoms with Crippen molar-refractivity contribution in [1.29, 1.82) is 0 Å². The van der Waals surface area contributed by atoms with Gasteiger partial charge in [-0.25, -0.2) is 0 Å². The molecule has 0 radical (unpaired) electrons. The summed E-state index contributed by atoms with van der Waals surface area (Å²) in [4.78, 5) is 14.5. The molecule has 1 saturated heterocycles. The van der Waals surface area contributed by atoms with Crippen molar-refractivity contribution in [2.75, 3.05) is 6.54 Å². The first kappa shape index (κ1) is 9.68. The molecule has 0 aromatic carbocycles. The van der Waals surface area contributed by atoms with E-state index in [4.69, 9.17) is 0 Å². The molecule has 2 saturated carbocycles. The average molecular weight is 207 g/mol. The number of fused-ring (bicyclic) bond motifs is 1. The molecule has 1 heterocycles. The minimum Gasteiger partial charge on any atom is -0.339 e. The normalized spacial score (nSPS) is 41.5. The van der Waals surface area contributed by atoms with Gasteiger partial charge in [-0.2, -0.15) is 0 Å². The van der Waals surface area contributed by atoms with E-state index < -0.39 is 0 Å². The van der Waals surface area contributed by atoms with E-state index in [1.54, 1.807) is 0 Å². The Morgan fingerprint density at radius 1 is 1.20 bits per heavy atom. The van der Waals surface area contributed by atoms with Crippen LogP contribution in [-0.4, -0.2) is 23.4 Å². The average Bonchev–Trinajstić information content (AvgIpc) is 2.84. The number of hydrogen-bond donors (Lipinski definition) is 0. The van der Waals surface area contributed by atoms with Crippen molar-refractivity contribution in [3.8, 4) is 0 Å². The van der Waals surface area contributed by atoms with Crippen LogP contribution in [0.3, 0.4) is 0 Å². The predicted octanol–water partition coefficient (Wildman–Crippen LogP) is 2.43. The summed E-state index contributed by atoms with van der Waals surface area (Å²) in [5, 5.41) is 0. The zero-order chi connectivity index (χ0) is 10.4. The van der Waals surface area contributed by atoms with E-state index in [2.05, 4.69) is 11.8 Å². The maximum absolute atomic E-state index is 12.2. The molecule has 0 N–H and O–H groups in total. The molecular weight excluding hydrogens is 186 g/mol. The van der Waals surface area contributed by atoms with Crippen LogP contribution in [0.5, 0.6) is 0 Å². The summed E-state index contributed by atoms with van der Waals surface area (Å²) in [7, 11) is 0. The third-order valence-corrected chi connectivity index (χ3v) is 4.73. The first-order valence-corrected chi connectivity index (χ1v) is 6.56. The third-order valence-electron chi connectivity index (χ3n) is 4.73. The molecule has 1 aliphatic heterocycles. The van der Waals surface area contributed by atoms with Gasteiger partial charge in [0.2, 0.25) is 5.91 Å². The minimum absolute atomic E-state index is 0.403. The van der Waals surface area contributed by atoms with Crippen molar-refractivity contribution in [3.05, 3.63) is 0 Å². The second-order valence-electron chi connectivity index (χ2n) is 5.87. The largest absolute Gasteiger partial charge is 0.339 e. The van der Waals surface area contributed by atoms with Crippen molar-refractivity contribution in [3.63, 3.8) is 0 Å². The summed E-state index contributed by atoms with van der Waals surface area (Å²) in [5.74, 6) is 2.39. The van der Waals surface area contributed by atoms with Crippen LogP contribution in [0, 0.1) is 17.8 Å². The Balaban J connectivity index is 1.72. The molecule has 2 aliphatic carbocycles. The molecule has 3 unspecified atom stereocenters. The zero-order valence-electron chi connectivity index (χ0n) is 9.61. The van der Waals surface area contributed by atoms with E-state index >= 15 is 0 Å². The first-order chi connectivity index (χ1) is 7.25. The lowest BCUT2D eigenvalue weighted by Gasteiger charge is -2.25. The maximum Gasteiger partial charge on any atom is 0.226 e. The molecule has 15 heavy (non-hydrogen) atoms. The van der Waals surface area contributed by atoms with Crippen LogP contribution in [-0.2, 0) is 4.79 Å². The fraction of sp³-hybridized carbons (Fsp3) is 0.923. The molecule has 3 aliphatic rings. The van der Waals surface area contributed by atoms with E-state index in [-0.39, 0.29) is 0 Å². The summed E-state index contributed by atoms with van der Waals surface area (Å²) in [6.07, 6.45) is 7.65. The number of nitrogens with zero attached hydrogens (tertiary/aromatic N) is 1. The maximum atomic E-state index is 12.2. The Bertz CT molecular complexity index is 270. The molecule has 0 spiro atoms. The fourth-order valence-corrected chi connectivity index (χ4v) is 4.01. The Morgan fingerprint density at radius 2 is 1.93 bits per heavy atom. The Hall–Kier alpha value is -0.530. The number of hydrogen-bond acceptors (Lipinski definition) is 1. The molecule has 84 valence electrons. The lowest BCUT2D eigenvalue weighted by Crippen LogP contribution is -2.36. The molecule has 3 atom stereocenters. The van der Waals surface area contributed by atoms with Gasteiger partial charge in [-0.05, 0) is 37.5 Å². The van der Waals surface area contributed by atoms with Gasteiger partial charge >= 0.3 is 0 Å². The summed E-state index contributed by atoms with van der Waals surface area (Å²) < 4.78 is 0. The molecule has 0 bridgehead atoms. The molecule has 2 nitrogen and oxygen atoms in total. The smallest absolute Gasteiger partial charge is 0.226 e. The zero-order valence-corrected chi connectivity index (χ0v) is 9.61. The van der Waals surface area contributed by atoms with Crippen molar-refractivity contribution in [2.24, 2.45) is 17.8 Å². The van der Waals surface area contributed by atoms with Crippen LogP contribution in [0.1, 0.15) is 45.4 Å². The van der Waals surface area contributed by atoms with Crippen molar-refractivity contribution < 1.29 is 4.79 Å². The molecule has 3 fully saturated rings. The van der Waals surface area contributed by atoms with Crippen molar-refractivity contribution in [2.45, 2.75) is 51.5 Å². The van der Waals surface area contributed by atoms with Gasteiger partial charge in [0.1, 0.15) is 0 Å². The van der Waals surface area contributed by atoms with E-state index in [1.807, 2.05) is 0 Å². The highest BCUT2D eigenvalue weighted by molar-refractivity contribution is 5.82. The van der Waals surface area contributed by atoms with Gasteiger partial charge in [0.25, 0.3) is 0 Å². The number of likely N-dealkylation sites (tertiary alicyclic amines) is 1. The van der Waals surface area contributed by atoms with Crippen LogP contribution >= 0.6 is 0 Å². The van der Waals surface area contributed by atoms with Crippen molar-refractivity contribution >= 4 is 5.91 Å². The summed E-state index contributed by atoms with van der Waals surface area (Å²) in [5.41, 5.74) is 0. The van der Waals surface area contributed by atoms with E-state index in [0.717, 1.165) is 18.9 Å². The van der Waals surface area contributed by atoms with Gasteiger partial charge < -0.3 is 4.90 Å². The second kappa shape index (κ2) is 3.50. The monoisotopic (exact) mass is 207 g/mol. The first-order valence-electron chi connectivity index (χ1n) is 6.56. The highest BCUT2D eigenvalue weighted by Crippen LogP contribution is 2.44. The SMILES string of the molecule is CC1CC2CN(C3CCCC3)C(=O)C2C1. The van der Waals surface area contributed by atoms with Crippen LogP contribution in [0.15, 0.2) is 0 Å². The molecule has 0 aromatic rings. The third kappa shape index (κ3) is 1.49. The van der Waals surface area contributed by atoms with Crippen LogP contribution < -0.4 is 0 Å². The Labute approximate surface area is 92.0 Å². The van der Waals surface area contributed by atoms with Crippen LogP contribution in [0.2, 0.25) is 0 Å².